The van der Waals surface area contributed by atoms with Crippen LogP contribution in [0.2, 0.25) is 0 Å². The number of halogens is 1. The van der Waals surface area contributed by atoms with E-state index in [4.69, 9.17) is 12.6 Å². The fourth-order valence-corrected chi connectivity index (χ4v) is 2.85. The summed E-state index contributed by atoms with van der Waals surface area (Å²) in [5.74, 6) is 0.527. The Morgan fingerprint density at radius 3 is 2.91 bits per heavy atom. The molecule has 2 radical (unpaired) electrons. The first-order valence-electron chi connectivity index (χ1n) is 7.43. The van der Waals surface area contributed by atoms with Crippen molar-refractivity contribution in [2.45, 2.75) is 12.8 Å². The van der Waals surface area contributed by atoms with E-state index in [9.17, 15) is 9.18 Å². The van der Waals surface area contributed by atoms with Crippen LogP contribution in [0.25, 0.3) is 0 Å². The Labute approximate surface area is 135 Å². The molecular formula is C17H16BFN2O2. The van der Waals surface area contributed by atoms with Gasteiger partial charge in [0.05, 0.1) is 7.11 Å². The summed E-state index contributed by atoms with van der Waals surface area (Å²) in [6.45, 7) is 0.604. The summed E-state index contributed by atoms with van der Waals surface area (Å²) in [5.41, 5.74) is 1.32. The molecular weight excluding hydrogens is 294 g/mol. The van der Waals surface area contributed by atoms with Gasteiger partial charge in [0.1, 0.15) is 25.2 Å². The fourth-order valence-electron chi connectivity index (χ4n) is 2.85. The Balaban J connectivity index is 1.74. The number of nitrogens with zero attached hydrogens (tertiary/aromatic N) is 2. The molecule has 23 heavy (non-hydrogen) atoms. The SMILES string of the molecule is [B]c1ccc(N2CCC(Cc3cc(F)cc(OC)c3)C2=O)nc1. The van der Waals surface area contributed by atoms with Crippen molar-refractivity contribution in [1.29, 1.82) is 0 Å². The molecule has 6 heteroatoms. The van der Waals surface area contributed by atoms with E-state index in [-0.39, 0.29) is 17.6 Å². The lowest BCUT2D eigenvalue weighted by Gasteiger charge is -2.16. The lowest BCUT2D eigenvalue weighted by Crippen LogP contribution is -2.28. The second kappa shape index (κ2) is 6.40. The summed E-state index contributed by atoms with van der Waals surface area (Å²) < 4.78 is 18.6. The molecule has 4 nitrogen and oxygen atoms in total. The Morgan fingerprint density at radius 1 is 1.39 bits per heavy atom. The minimum atomic E-state index is -0.359. The highest BCUT2D eigenvalue weighted by Crippen LogP contribution is 2.27. The van der Waals surface area contributed by atoms with Crippen LogP contribution >= 0.6 is 0 Å². The molecule has 1 aromatic carbocycles. The molecule has 0 saturated carbocycles. The van der Waals surface area contributed by atoms with E-state index >= 15 is 0 Å². The van der Waals surface area contributed by atoms with Gasteiger partial charge in [-0.05, 0) is 36.6 Å². The molecule has 116 valence electrons. The molecule has 0 N–H and O–H groups in total. The standard InChI is InChI=1S/C17H16BFN2O2/c1-23-15-8-11(7-14(19)9-15)6-12-4-5-21(17(12)22)16-3-2-13(18)10-20-16/h2-3,7-10,12H,4-6H2,1H3. The molecule has 0 bridgehead atoms. The van der Waals surface area contributed by atoms with Crippen molar-refractivity contribution in [3.8, 4) is 5.75 Å². The number of carbonyl (C=O) groups is 1. The molecule has 2 heterocycles. The van der Waals surface area contributed by atoms with Gasteiger partial charge in [-0.15, -0.1) is 0 Å². The summed E-state index contributed by atoms with van der Waals surface area (Å²) in [4.78, 5) is 18.4. The molecule has 0 spiro atoms. The number of anilines is 1. The van der Waals surface area contributed by atoms with Crippen LogP contribution in [0, 0.1) is 11.7 Å². The van der Waals surface area contributed by atoms with Gasteiger partial charge in [0.2, 0.25) is 5.91 Å². The van der Waals surface area contributed by atoms with Gasteiger partial charge in [-0.3, -0.25) is 9.69 Å². The van der Waals surface area contributed by atoms with Crippen molar-refractivity contribution in [1.82, 2.24) is 4.98 Å². The third kappa shape index (κ3) is 3.36. The van der Waals surface area contributed by atoms with Gasteiger partial charge < -0.3 is 4.74 Å². The highest BCUT2D eigenvalue weighted by molar-refractivity contribution is 6.32. The number of ether oxygens (including phenoxy) is 1. The van der Waals surface area contributed by atoms with Gasteiger partial charge in [-0.1, -0.05) is 11.5 Å². The van der Waals surface area contributed by atoms with E-state index in [1.54, 1.807) is 23.1 Å². The van der Waals surface area contributed by atoms with Crippen molar-refractivity contribution in [3.05, 3.63) is 47.9 Å². The maximum absolute atomic E-state index is 13.6. The zero-order valence-electron chi connectivity index (χ0n) is 12.8. The second-order valence-electron chi connectivity index (χ2n) is 5.63. The molecule has 1 atom stereocenters. The number of hydrogen-bond donors (Lipinski definition) is 0. The van der Waals surface area contributed by atoms with Gasteiger partial charge in [-0.2, -0.15) is 0 Å². The zero-order chi connectivity index (χ0) is 16.4. The Kier molecular flexibility index (Phi) is 4.32. The van der Waals surface area contributed by atoms with Crippen molar-refractivity contribution in [2.24, 2.45) is 5.92 Å². The van der Waals surface area contributed by atoms with Crippen molar-refractivity contribution < 1.29 is 13.9 Å². The molecule has 1 aliphatic heterocycles. The normalized spacial score (nSPS) is 17.6. The van der Waals surface area contributed by atoms with Gasteiger partial charge in [0.15, 0.2) is 0 Å². The van der Waals surface area contributed by atoms with Crippen LogP contribution in [-0.2, 0) is 11.2 Å². The van der Waals surface area contributed by atoms with Gasteiger partial charge in [0, 0.05) is 24.7 Å². The second-order valence-corrected chi connectivity index (χ2v) is 5.63. The lowest BCUT2D eigenvalue weighted by molar-refractivity contribution is -0.120. The summed E-state index contributed by atoms with van der Waals surface area (Å²) in [6, 6.07) is 7.99. The summed E-state index contributed by atoms with van der Waals surface area (Å²) in [7, 11) is 7.11. The smallest absolute Gasteiger partial charge is 0.231 e. The molecule has 2 aromatic rings. The van der Waals surface area contributed by atoms with E-state index < -0.39 is 0 Å². The van der Waals surface area contributed by atoms with Crippen LogP contribution in [0.15, 0.2) is 36.5 Å². The van der Waals surface area contributed by atoms with E-state index in [1.165, 1.54) is 25.4 Å². The maximum atomic E-state index is 13.6. The lowest BCUT2D eigenvalue weighted by atomic mass is 9.98. The van der Waals surface area contributed by atoms with Crippen molar-refractivity contribution in [2.75, 3.05) is 18.6 Å². The maximum Gasteiger partial charge on any atom is 0.231 e. The number of benzene rings is 1. The molecule has 0 aliphatic carbocycles. The summed E-state index contributed by atoms with van der Waals surface area (Å²) >= 11 is 0. The number of carbonyl (C=O) groups excluding carboxylic acids is 1. The van der Waals surface area contributed by atoms with E-state index in [0.29, 0.717) is 36.4 Å². The number of rotatable bonds is 4. The van der Waals surface area contributed by atoms with Crippen LogP contribution in [0.1, 0.15) is 12.0 Å². The van der Waals surface area contributed by atoms with Gasteiger partial charge >= 0.3 is 0 Å². The molecule has 1 unspecified atom stereocenters. The Morgan fingerprint density at radius 2 is 2.22 bits per heavy atom. The minimum Gasteiger partial charge on any atom is -0.497 e. The topological polar surface area (TPSA) is 42.4 Å². The Bertz CT molecular complexity index is 721. The van der Waals surface area contributed by atoms with E-state index in [2.05, 4.69) is 4.98 Å². The van der Waals surface area contributed by atoms with Crippen molar-refractivity contribution >= 4 is 25.0 Å². The van der Waals surface area contributed by atoms with Gasteiger partial charge in [0.25, 0.3) is 0 Å². The molecule has 1 saturated heterocycles. The van der Waals surface area contributed by atoms with Crippen LogP contribution in [0.4, 0.5) is 10.2 Å². The first-order valence-corrected chi connectivity index (χ1v) is 7.43. The predicted octanol–water partition coefficient (Wildman–Crippen LogP) is 1.62. The fraction of sp³-hybridized carbons (Fsp3) is 0.294. The van der Waals surface area contributed by atoms with Crippen LogP contribution in [0.3, 0.4) is 0 Å². The molecule has 1 aromatic heterocycles. The zero-order valence-corrected chi connectivity index (χ0v) is 12.8. The van der Waals surface area contributed by atoms with E-state index in [0.717, 1.165) is 5.56 Å². The first kappa shape index (κ1) is 15.5. The summed E-state index contributed by atoms with van der Waals surface area (Å²) in [6.07, 6.45) is 2.73. The Hall–Kier alpha value is -2.37. The molecule has 3 rings (SSSR count). The highest BCUT2D eigenvalue weighted by Gasteiger charge is 2.33. The molecule has 1 amide bonds. The number of hydrogen-bond acceptors (Lipinski definition) is 3. The highest BCUT2D eigenvalue weighted by atomic mass is 19.1. The van der Waals surface area contributed by atoms with Gasteiger partial charge in [-0.25, -0.2) is 9.37 Å². The summed E-state index contributed by atoms with van der Waals surface area (Å²) in [5, 5.41) is 0. The monoisotopic (exact) mass is 310 g/mol. The molecule has 1 fully saturated rings. The minimum absolute atomic E-state index is 0.00509. The molecule has 1 aliphatic rings. The van der Waals surface area contributed by atoms with Crippen LogP contribution in [0.5, 0.6) is 5.75 Å². The average Bonchev–Trinajstić information content (AvgIpc) is 2.88. The number of amides is 1. The van der Waals surface area contributed by atoms with Crippen LogP contribution in [-0.4, -0.2) is 32.4 Å². The first-order chi connectivity index (χ1) is 11.1. The number of pyridine rings is 1. The van der Waals surface area contributed by atoms with Crippen LogP contribution < -0.4 is 15.1 Å². The number of aromatic nitrogens is 1. The van der Waals surface area contributed by atoms with Crippen molar-refractivity contribution in [3.63, 3.8) is 0 Å². The van der Waals surface area contributed by atoms with E-state index in [1.807, 2.05) is 0 Å². The largest absolute Gasteiger partial charge is 0.497 e. The average molecular weight is 310 g/mol. The predicted molar refractivity (Wildman–Crippen MR) is 86.7 cm³/mol. The quantitative estimate of drug-likeness (QED) is 0.806. The third-order valence-corrected chi connectivity index (χ3v) is 4.01. The number of methoxy groups -OCH3 is 1. The third-order valence-electron chi connectivity index (χ3n) is 4.01.